The summed E-state index contributed by atoms with van der Waals surface area (Å²) in [6.07, 6.45) is 2.17. The summed E-state index contributed by atoms with van der Waals surface area (Å²) in [6, 6.07) is 14.0. The van der Waals surface area contributed by atoms with Crippen molar-refractivity contribution in [2.45, 2.75) is 19.9 Å². The third kappa shape index (κ3) is 5.33. The summed E-state index contributed by atoms with van der Waals surface area (Å²) in [6.45, 7) is 4.81. The Hall–Kier alpha value is -2.25. The molecule has 2 rings (SSSR count). The third-order valence-corrected chi connectivity index (χ3v) is 3.17. The second-order valence-corrected chi connectivity index (χ2v) is 4.93. The molecule has 0 saturated heterocycles. The zero-order chi connectivity index (χ0) is 14.9. The number of rotatable bonds is 8. The highest BCUT2D eigenvalue weighted by Gasteiger charge is 2.08. The molecular weight excluding hydrogens is 264 g/mol. The Labute approximate surface area is 125 Å². The second kappa shape index (κ2) is 8.13. The van der Waals surface area contributed by atoms with Crippen LogP contribution < -0.4 is 4.74 Å². The molecule has 0 aliphatic rings. The van der Waals surface area contributed by atoms with E-state index in [9.17, 15) is 0 Å². The van der Waals surface area contributed by atoms with Gasteiger partial charge < -0.3 is 9.15 Å². The third-order valence-electron chi connectivity index (χ3n) is 3.17. The molecule has 21 heavy (non-hydrogen) atoms. The first-order valence-corrected chi connectivity index (χ1v) is 7.09. The van der Waals surface area contributed by atoms with Crippen molar-refractivity contribution in [2.24, 2.45) is 0 Å². The molecule has 0 N–H and O–H groups in total. The highest BCUT2D eigenvalue weighted by Crippen LogP contribution is 2.12. The molecule has 0 bridgehead atoms. The van der Waals surface area contributed by atoms with Crippen molar-refractivity contribution >= 4 is 0 Å². The van der Waals surface area contributed by atoms with Gasteiger partial charge in [0.2, 0.25) is 0 Å². The van der Waals surface area contributed by atoms with Gasteiger partial charge in [-0.1, -0.05) is 12.1 Å². The van der Waals surface area contributed by atoms with E-state index in [0.717, 1.165) is 18.1 Å². The molecule has 4 heteroatoms. The van der Waals surface area contributed by atoms with E-state index in [-0.39, 0.29) is 0 Å². The second-order valence-electron chi connectivity index (χ2n) is 4.93. The van der Waals surface area contributed by atoms with Crippen LogP contribution in [0.5, 0.6) is 5.75 Å². The zero-order valence-corrected chi connectivity index (χ0v) is 12.3. The molecule has 0 unspecified atom stereocenters. The largest absolute Gasteiger partial charge is 0.492 e. The van der Waals surface area contributed by atoms with Gasteiger partial charge in [-0.05, 0) is 36.8 Å². The number of nitrogens with zero attached hydrogens (tertiary/aromatic N) is 2. The first-order valence-electron chi connectivity index (χ1n) is 7.09. The predicted octanol–water partition coefficient (Wildman–Crippen LogP) is 3.38. The summed E-state index contributed by atoms with van der Waals surface area (Å²) in [5.41, 5.74) is 1.18. The van der Waals surface area contributed by atoms with Gasteiger partial charge in [0, 0.05) is 19.5 Å². The number of hydrogen-bond donors (Lipinski definition) is 0. The lowest BCUT2D eigenvalue weighted by atomic mass is 10.2. The van der Waals surface area contributed by atoms with Gasteiger partial charge in [0.15, 0.2) is 0 Å². The minimum atomic E-state index is 0.505. The molecule has 0 saturated carbocycles. The monoisotopic (exact) mass is 284 g/mol. The highest BCUT2D eigenvalue weighted by molar-refractivity contribution is 5.27. The summed E-state index contributed by atoms with van der Waals surface area (Å²) in [7, 11) is 0. The fourth-order valence-corrected chi connectivity index (χ4v) is 2.10. The number of furan rings is 1. The summed E-state index contributed by atoms with van der Waals surface area (Å²) < 4.78 is 11.1. The van der Waals surface area contributed by atoms with Crippen LogP contribution >= 0.6 is 0 Å². The van der Waals surface area contributed by atoms with Crippen LogP contribution in [0.15, 0.2) is 47.1 Å². The Morgan fingerprint density at radius 3 is 2.86 bits per heavy atom. The maximum absolute atomic E-state index is 8.74. The molecule has 0 amide bonds. The molecular formula is C17H20N2O2. The van der Waals surface area contributed by atoms with Gasteiger partial charge in [-0.25, -0.2) is 0 Å². The fraction of sp³-hybridized carbons (Fsp3) is 0.353. The van der Waals surface area contributed by atoms with Crippen LogP contribution in [0.2, 0.25) is 0 Å². The Kier molecular flexibility index (Phi) is 5.86. The average Bonchev–Trinajstić information content (AvgIpc) is 2.97. The molecule has 1 aromatic heterocycles. The summed E-state index contributed by atoms with van der Waals surface area (Å²) >= 11 is 0. The van der Waals surface area contributed by atoms with E-state index in [1.54, 1.807) is 6.26 Å². The van der Waals surface area contributed by atoms with Crippen LogP contribution in [0.25, 0.3) is 0 Å². The molecule has 0 aliphatic heterocycles. The molecule has 110 valence electrons. The standard InChI is InChI=1S/C17H20N2O2/c1-15-5-2-6-16(13-15)21-12-10-19(9-4-8-18)14-17-7-3-11-20-17/h2-3,5-7,11,13H,4,9-10,12,14H2,1H3. The van der Waals surface area contributed by atoms with Gasteiger partial charge in [0.1, 0.15) is 18.1 Å². The molecule has 1 heterocycles. The number of aryl methyl sites for hydroxylation is 1. The van der Waals surface area contributed by atoms with Crippen molar-refractivity contribution in [3.63, 3.8) is 0 Å². The molecule has 1 aromatic carbocycles. The lowest BCUT2D eigenvalue weighted by molar-refractivity contribution is 0.195. The molecule has 0 aliphatic carbocycles. The molecule has 0 spiro atoms. The minimum Gasteiger partial charge on any atom is -0.492 e. The molecule has 0 atom stereocenters. The van der Waals surface area contributed by atoms with Crippen LogP contribution in [0.3, 0.4) is 0 Å². The first kappa shape index (κ1) is 15.1. The van der Waals surface area contributed by atoms with E-state index in [1.165, 1.54) is 5.56 Å². The Morgan fingerprint density at radius 1 is 1.24 bits per heavy atom. The number of hydrogen-bond acceptors (Lipinski definition) is 4. The first-order chi connectivity index (χ1) is 10.3. The predicted molar refractivity (Wildman–Crippen MR) is 80.9 cm³/mol. The van der Waals surface area contributed by atoms with E-state index in [4.69, 9.17) is 14.4 Å². The maximum Gasteiger partial charge on any atom is 0.119 e. The number of benzene rings is 1. The van der Waals surface area contributed by atoms with Gasteiger partial charge in [-0.2, -0.15) is 5.26 Å². The van der Waals surface area contributed by atoms with E-state index in [0.29, 0.717) is 26.1 Å². The van der Waals surface area contributed by atoms with Gasteiger partial charge in [0.25, 0.3) is 0 Å². The van der Waals surface area contributed by atoms with Crippen molar-refractivity contribution in [2.75, 3.05) is 19.7 Å². The van der Waals surface area contributed by atoms with Gasteiger partial charge in [-0.15, -0.1) is 0 Å². The molecule has 0 fully saturated rings. The van der Waals surface area contributed by atoms with Crippen LogP contribution in [0, 0.1) is 18.3 Å². The van der Waals surface area contributed by atoms with E-state index in [1.807, 2.05) is 43.3 Å². The van der Waals surface area contributed by atoms with Crippen LogP contribution in [-0.4, -0.2) is 24.6 Å². The van der Waals surface area contributed by atoms with Crippen LogP contribution in [0.4, 0.5) is 0 Å². The highest BCUT2D eigenvalue weighted by atomic mass is 16.5. The quantitative estimate of drug-likeness (QED) is 0.745. The molecule has 4 nitrogen and oxygen atoms in total. The Bertz CT molecular complexity index is 573. The average molecular weight is 284 g/mol. The number of ether oxygens (including phenoxy) is 1. The van der Waals surface area contributed by atoms with Crippen LogP contribution in [0.1, 0.15) is 17.7 Å². The Morgan fingerprint density at radius 2 is 2.14 bits per heavy atom. The van der Waals surface area contributed by atoms with E-state index >= 15 is 0 Å². The summed E-state index contributed by atoms with van der Waals surface area (Å²) in [5.74, 6) is 1.79. The van der Waals surface area contributed by atoms with E-state index < -0.39 is 0 Å². The van der Waals surface area contributed by atoms with E-state index in [2.05, 4.69) is 11.0 Å². The maximum atomic E-state index is 8.74. The van der Waals surface area contributed by atoms with Crippen molar-refractivity contribution in [1.82, 2.24) is 4.90 Å². The van der Waals surface area contributed by atoms with Gasteiger partial charge in [0.05, 0.1) is 18.9 Å². The topological polar surface area (TPSA) is 49.4 Å². The summed E-state index contributed by atoms with van der Waals surface area (Å²) in [5, 5.41) is 8.74. The van der Waals surface area contributed by atoms with Gasteiger partial charge >= 0.3 is 0 Å². The van der Waals surface area contributed by atoms with Crippen molar-refractivity contribution in [1.29, 1.82) is 5.26 Å². The lowest BCUT2D eigenvalue weighted by Gasteiger charge is -2.20. The van der Waals surface area contributed by atoms with Crippen molar-refractivity contribution in [3.05, 3.63) is 54.0 Å². The normalized spacial score (nSPS) is 10.5. The molecule has 2 aromatic rings. The summed E-state index contributed by atoms with van der Waals surface area (Å²) in [4.78, 5) is 2.16. The van der Waals surface area contributed by atoms with Crippen LogP contribution in [-0.2, 0) is 6.54 Å². The Balaban J connectivity index is 1.82. The van der Waals surface area contributed by atoms with Crippen molar-refractivity contribution in [3.8, 4) is 11.8 Å². The minimum absolute atomic E-state index is 0.505. The smallest absolute Gasteiger partial charge is 0.119 e. The van der Waals surface area contributed by atoms with Crippen molar-refractivity contribution < 1.29 is 9.15 Å². The number of nitriles is 1. The SMILES string of the molecule is Cc1cccc(OCCN(CCC#N)Cc2ccco2)c1. The fourth-order valence-electron chi connectivity index (χ4n) is 2.10. The van der Waals surface area contributed by atoms with Gasteiger partial charge in [-0.3, -0.25) is 4.90 Å². The molecule has 0 radical (unpaired) electrons. The zero-order valence-electron chi connectivity index (χ0n) is 12.3. The lowest BCUT2D eigenvalue weighted by Crippen LogP contribution is -2.28.